The fraction of sp³-hybridized carbons (Fsp3) is 0.435. The minimum atomic E-state index is -4.76. The molecule has 1 aromatic carbocycles. The Hall–Kier alpha value is -2.67. The highest BCUT2D eigenvalue weighted by Crippen LogP contribution is 2.38. The van der Waals surface area contributed by atoms with Gasteiger partial charge < -0.3 is 20.3 Å². The number of likely N-dealkylation sites (N-methyl/N-ethyl adjacent to an activating group) is 1. The third-order valence-corrected chi connectivity index (χ3v) is 6.88. The summed E-state index contributed by atoms with van der Waals surface area (Å²) >= 11 is 6.97. The fourth-order valence-electron chi connectivity index (χ4n) is 3.84. The molecule has 1 aliphatic heterocycles. The normalized spacial score (nSPS) is 15.2. The summed E-state index contributed by atoms with van der Waals surface area (Å²) in [5.74, 6) is -1.56. The number of thiophene rings is 1. The van der Waals surface area contributed by atoms with E-state index in [9.17, 15) is 27.6 Å². The topological polar surface area (TPSA) is 91.0 Å². The van der Waals surface area contributed by atoms with Gasteiger partial charge in [0, 0.05) is 18.8 Å². The summed E-state index contributed by atoms with van der Waals surface area (Å²) in [5.41, 5.74) is -1.42. The van der Waals surface area contributed by atoms with Crippen LogP contribution in [-0.2, 0) is 20.5 Å². The minimum absolute atomic E-state index is 0.00714. The number of morpholine rings is 1. The van der Waals surface area contributed by atoms with E-state index in [1.54, 1.807) is 17.0 Å². The Morgan fingerprint density at radius 3 is 2.53 bits per heavy atom. The molecule has 0 spiro atoms. The Labute approximate surface area is 215 Å². The van der Waals surface area contributed by atoms with E-state index in [2.05, 4.69) is 10.6 Å². The van der Waals surface area contributed by atoms with Crippen molar-refractivity contribution in [1.82, 2.24) is 10.2 Å². The molecule has 0 unspecified atom stereocenters. The van der Waals surface area contributed by atoms with Crippen molar-refractivity contribution >= 4 is 52.0 Å². The quantitative estimate of drug-likeness (QED) is 0.498. The highest BCUT2D eigenvalue weighted by molar-refractivity contribution is 7.18. The number of alkyl halides is 3. The van der Waals surface area contributed by atoms with Crippen LogP contribution in [0, 0.1) is 0 Å². The molecule has 1 atom stereocenters. The smallest absolute Gasteiger partial charge is 0.370 e. The Balaban J connectivity index is 1.81. The summed E-state index contributed by atoms with van der Waals surface area (Å²) in [7, 11) is 0. The number of nitrogens with zero attached hydrogens (tertiary/aromatic N) is 2. The van der Waals surface area contributed by atoms with Gasteiger partial charge in [-0.1, -0.05) is 25.4 Å². The van der Waals surface area contributed by atoms with Crippen LogP contribution in [0.5, 0.6) is 0 Å². The number of amides is 3. The molecule has 2 N–H and O–H groups in total. The second-order valence-corrected chi connectivity index (χ2v) is 9.58. The molecular formula is C23H26ClF3N4O4S. The van der Waals surface area contributed by atoms with E-state index in [-0.39, 0.29) is 37.7 Å². The average molecular weight is 547 g/mol. The molecule has 36 heavy (non-hydrogen) atoms. The second kappa shape index (κ2) is 12.0. The van der Waals surface area contributed by atoms with Crippen molar-refractivity contribution in [3.05, 3.63) is 45.1 Å². The molecule has 1 fully saturated rings. The Morgan fingerprint density at radius 2 is 1.94 bits per heavy atom. The standard InChI is InChI=1S/C23H26ClF3N4O4S/c1-3-30(4-2)17(12-28-22(34)18-7-8-19(24)36-18)21(33)29-14-5-6-16(15(11-14)23(25,26)27)31-9-10-35-13-20(31)32/h5-8,11,17H,3-4,9-10,12-13H2,1-2H3,(H,28,34)(H,29,33)/t17-/m0/s1. The molecule has 8 nitrogen and oxygen atoms in total. The van der Waals surface area contributed by atoms with Crippen LogP contribution in [0.15, 0.2) is 30.3 Å². The third-order valence-electron chi connectivity index (χ3n) is 5.65. The van der Waals surface area contributed by atoms with Crippen molar-refractivity contribution in [2.75, 3.05) is 49.6 Å². The molecule has 0 aliphatic carbocycles. The van der Waals surface area contributed by atoms with E-state index in [1.807, 2.05) is 13.8 Å². The molecule has 1 aliphatic rings. The molecular weight excluding hydrogens is 521 g/mol. The van der Waals surface area contributed by atoms with Gasteiger partial charge in [-0.25, -0.2) is 0 Å². The highest BCUT2D eigenvalue weighted by atomic mass is 35.5. The fourth-order valence-corrected chi connectivity index (χ4v) is 4.80. The molecule has 196 valence electrons. The van der Waals surface area contributed by atoms with Crippen LogP contribution in [0.4, 0.5) is 24.5 Å². The van der Waals surface area contributed by atoms with Gasteiger partial charge in [0.25, 0.3) is 11.8 Å². The second-order valence-electron chi connectivity index (χ2n) is 7.87. The summed E-state index contributed by atoms with van der Waals surface area (Å²) in [5, 5.41) is 5.23. The Bertz CT molecular complexity index is 1110. The van der Waals surface area contributed by atoms with Crippen LogP contribution in [0.1, 0.15) is 29.1 Å². The molecule has 0 bridgehead atoms. The van der Waals surface area contributed by atoms with Crippen LogP contribution in [-0.4, -0.2) is 68.1 Å². The third kappa shape index (κ3) is 6.75. The first-order chi connectivity index (χ1) is 17.0. The largest absolute Gasteiger partial charge is 0.418 e. The lowest BCUT2D eigenvalue weighted by Gasteiger charge is -2.30. The van der Waals surface area contributed by atoms with Crippen molar-refractivity contribution in [3.63, 3.8) is 0 Å². The number of carbonyl (C=O) groups excluding carboxylic acids is 3. The van der Waals surface area contributed by atoms with Gasteiger partial charge in [0.15, 0.2) is 0 Å². The Kier molecular flexibility index (Phi) is 9.34. The number of anilines is 2. The first-order valence-electron chi connectivity index (χ1n) is 11.2. The zero-order valence-corrected chi connectivity index (χ0v) is 21.2. The van der Waals surface area contributed by atoms with Crippen LogP contribution in [0.25, 0.3) is 0 Å². The number of ether oxygens (including phenoxy) is 1. The van der Waals surface area contributed by atoms with Gasteiger partial charge in [-0.15, -0.1) is 11.3 Å². The highest BCUT2D eigenvalue weighted by Gasteiger charge is 2.37. The maximum Gasteiger partial charge on any atom is 0.418 e. The molecule has 1 aromatic heterocycles. The summed E-state index contributed by atoms with van der Waals surface area (Å²) in [6, 6.07) is 5.60. The zero-order chi connectivity index (χ0) is 26.5. The van der Waals surface area contributed by atoms with E-state index in [0.717, 1.165) is 28.4 Å². The zero-order valence-electron chi connectivity index (χ0n) is 19.7. The van der Waals surface area contributed by atoms with Gasteiger partial charge in [-0.3, -0.25) is 19.3 Å². The molecule has 1 saturated heterocycles. The van der Waals surface area contributed by atoms with Gasteiger partial charge in [-0.2, -0.15) is 13.2 Å². The predicted molar refractivity (Wildman–Crippen MR) is 132 cm³/mol. The van der Waals surface area contributed by atoms with Crippen molar-refractivity contribution in [3.8, 4) is 0 Å². The van der Waals surface area contributed by atoms with Gasteiger partial charge >= 0.3 is 6.18 Å². The van der Waals surface area contributed by atoms with Gasteiger partial charge in [0.1, 0.15) is 12.6 Å². The summed E-state index contributed by atoms with van der Waals surface area (Å²) in [6.07, 6.45) is -4.76. The van der Waals surface area contributed by atoms with Crippen LogP contribution < -0.4 is 15.5 Å². The SMILES string of the molecule is CCN(CC)[C@@H](CNC(=O)c1ccc(Cl)s1)C(=O)Nc1ccc(N2CCOCC2=O)c(C(F)(F)F)c1. The van der Waals surface area contributed by atoms with Crippen molar-refractivity contribution < 1.29 is 32.3 Å². The lowest BCUT2D eigenvalue weighted by Crippen LogP contribution is -2.50. The molecule has 2 aromatic rings. The summed E-state index contributed by atoms with van der Waals surface area (Å²) in [4.78, 5) is 40.9. The van der Waals surface area contributed by atoms with Gasteiger partial charge in [0.2, 0.25) is 5.91 Å². The van der Waals surface area contributed by atoms with E-state index < -0.39 is 35.5 Å². The van der Waals surface area contributed by atoms with Crippen LogP contribution in [0.2, 0.25) is 4.34 Å². The molecule has 13 heteroatoms. The molecule has 0 saturated carbocycles. The summed E-state index contributed by atoms with van der Waals surface area (Å²) in [6.45, 7) is 4.37. The molecule has 2 heterocycles. The average Bonchev–Trinajstić information content (AvgIpc) is 3.27. The van der Waals surface area contributed by atoms with Gasteiger partial charge in [0.05, 0.1) is 27.1 Å². The minimum Gasteiger partial charge on any atom is -0.370 e. The Morgan fingerprint density at radius 1 is 1.22 bits per heavy atom. The van der Waals surface area contributed by atoms with E-state index in [4.69, 9.17) is 16.3 Å². The lowest BCUT2D eigenvalue weighted by molar-refractivity contribution is -0.137. The number of rotatable bonds is 9. The lowest BCUT2D eigenvalue weighted by atomic mass is 10.1. The predicted octanol–water partition coefficient (Wildman–Crippen LogP) is 3.86. The number of benzene rings is 1. The van der Waals surface area contributed by atoms with Gasteiger partial charge in [-0.05, 0) is 43.4 Å². The van der Waals surface area contributed by atoms with Crippen LogP contribution in [0.3, 0.4) is 0 Å². The monoisotopic (exact) mass is 546 g/mol. The van der Waals surface area contributed by atoms with Crippen LogP contribution >= 0.6 is 22.9 Å². The first-order valence-corrected chi connectivity index (χ1v) is 12.4. The number of halogens is 4. The number of hydrogen-bond donors (Lipinski definition) is 2. The van der Waals surface area contributed by atoms with Crippen molar-refractivity contribution in [1.29, 1.82) is 0 Å². The molecule has 0 radical (unpaired) electrons. The molecule has 3 amide bonds. The maximum atomic E-state index is 13.9. The number of carbonyl (C=O) groups is 3. The van der Waals surface area contributed by atoms with E-state index in [1.165, 1.54) is 6.07 Å². The number of hydrogen-bond acceptors (Lipinski definition) is 6. The first kappa shape index (κ1) is 27.9. The maximum absolute atomic E-state index is 13.9. The van der Waals surface area contributed by atoms with Crippen molar-refractivity contribution in [2.45, 2.75) is 26.1 Å². The van der Waals surface area contributed by atoms with Crippen molar-refractivity contribution in [2.24, 2.45) is 0 Å². The van der Waals surface area contributed by atoms with E-state index >= 15 is 0 Å². The molecule has 3 rings (SSSR count). The number of nitrogens with one attached hydrogen (secondary N) is 2. The summed E-state index contributed by atoms with van der Waals surface area (Å²) < 4.78 is 47.1. The van der Waals surface area contributed by atoms with E-state index in [0.29, 0.717) is 22.3 Å².